The van der Waals surface area contributed by atoms with Crippen LogP contribution in [-0.2, 0) is 0 Å². The lowest BCUT2D eigenvalue weighted by Crippen LogP contribution is -2.33. The number of halogens is 1. The van der Waals surface area contributed by atoms with E-state index in [1.54, 1.807) is 14.0 Å². The maximum Gasteiger partial charge on any atom is 0.329 e. The molecule has 1 heterocycles. The van der Waals surface area contributed by atoms with Crippen LogP contribution in [0, 0.1) is 10.1 Å². The smallest absolute Gasteiger partial charge is 0.329 e. The molecule has 0 aromatic carbocycles. The molecule has 0 spiro atoms. The van der Waals surface area contributed by atoms with Gasteiger partial charge in [-0.05, 0) is 18.5 Å². The number of nitro groups is 1. The summed E-state index contributed by atoms with van der Waals surface area (Å²) in [6.07, 6.45) is 1.05. The van der Waals surface area contributed by atoms with Crippen molar-refractivity contribution in [3.8, 4) is 0 Å². The Hall–Kier alpha value is -1.47. The molecule has 1 aromatic rings. The highest BCUT2D eigenvalue weighted by molar-refractivity contribution is 6.28. The van der Waals surface area contributed by atoms with E-state index in [1.165, 1.54) is 4.90 Å². The van der Waals surface area contributed by atoms with Gasteiger partial charge in [0.25, 0.3) is 0 Å². The van der Waals surface area contributed by atoms with E-state index in [-0.39, 0.29) is 29.4 Å². The topological polar surface area (TPSA) is 92.4 Å². The van der Waals surface area contributed by atoms with Crippen molar-refractivity contribution in [1.29, 1.82) is 0 Å². The van der Waals surface area contributed by atoms with Gasteiger partial charge >= 0.3 is 5.69 Å². The first-order valence-electron chi connectivity index (χ1n) is 4.48. The summed E-state index contributed by atoms with van der Waals surface area (Å²) in [6.45, 7) is 1.56. The van der Waals surface area contributed by atoms with Crippen LogP contribution in [0.15, 0.2) is 6.20 Å². The minimum Gasteiger partial charge on any atom is -0.394 e. The molecule has 1 N–H and O–H groups in total. The van der Waals surface area contributed by atoms with Crippen molar-refractivity contribution in [2.75, 3.05) is 18.6 Å². The SMILES string of the molecule is CC(CO)N(C)c1nc(Cl)ncc1[N+](=O)[O-]. The molecule has 0 aliphatic heterocycles. The molecule has 1 aromatic heterocycles. The average Bonchev–Trinajstić information content (AvgIpc) is 2.26. The minimum absolute atomic E-state index is 0.0717. The molecule has 0 saturated carbocycles. The van der Waals surface area contributed by atoms with Crippen LogP contribution in [0.1, 0.15) is 6.92 Å². The molecule has 0 aliphatic rings. The fourth-order valence-electron chi connectivity index (χ4n) is 1.07. The lowest BCUT2D eigenvalue weighted by Gasteiger charge is -2.23. The molecule has 0 fully saturated rings. The van der Waals surface area contributed by atoms with Crippen LogP contribution in [0.4, 0.5) is 11.5 Å². The first-order valence-corrected chi connectivity index (χ1v) is 4.85. The Bertz CT molecular complexity index is 401. The van der Waals surface area contributed by atoms with Crippen LogP contribution in [0.2, 0.25) is 5.28 Å². The molecular formula is C8H11ClN4O3. The predicted molar refractivity (Wildman–Crippen MR) is 58.6 cm³/mol. The second-order valence-corrected chi connectivity index (χ2v) is 3.59. The summed E-state index contributed by atoms with van der Waals surface area (Å²) in [4.78, 5) is 19.0. The van der Waals surface area contributed by atoms with Gasteiger partial charge in [-0.1, -0.05) is 0 Å². The molecule has 1 unspecified atom stereocenters. The van der Waals surface area contributed by atoms with E-state index < -0.39 is 4.92 Å². The van der Waals surface area contributed by atoms with E-state index in [4.69, 9.17) is 16.7 Å². The Morgan fingerprint density at radius 2 is 2.38 bits per heavy atom. The predicted octanol–water partition coefficient (Wildman–Crippen LogP) is 0.855. The van der Waals surface area contributed by atoms with Crippen molar-refractivity contribution >= 4 is 23.1 Å². The van der Waals surface area contributed by atoms with Crippen LogP contribution in [-0.4, -0.2) is 39.7 Å². The number of aliphatic hydroxyl groups excluding tert-OH is 1. The molecule has 0 bridgehead atoms. The molecule has 88 valence electrons. The number of anilines is 1. The summed E-state index contributed by atoms with van der Waals surface area (Å²) in [5.41, 5.74) is -0.243. The number of aliphatic hydroxyl groups is 1. The second kappa shape index (κ2) is 5.04. The normalized spacial score (nSPS) is 12.2. The molecule has 8 heteroatoms. The summed E-state index contributed by atoms with van der Waals surface area (Å²) in [7, 11) is 1.59. The zero-order chi connectivity index (χ0) is 12.3. The van der Waals surface area contributed by atoms with E-state index in [2.05, 4.69) is 9.97 Å². The van der Waals surface area contributed by atoms with Gasteiger partial charge in [0.05, 0.1) is 17.6 Å². The van der Waals surface area contributed by atoms with Crippen molar-refractivity contribution in [2.24, 2.45) is 0 Å². The zero-order valence-corrected chi connectivity index (χ0v) is 9.55. The van der Waals surface area contributed by atoms with Gasteiger partial charge in [0.2, 0.25) is 11.1 Å². The maximum absolute atomic E-state index is 10.7. The van der Waals surface area contributed by atoms with E-state index >= 15 is 0 Å². The summed E-state index contributed by atoms with van der Waals surface area (Å²) in [5.74, 6) is 0.0894. The molecule has 16 heavy (non-hydrogen) atoms. The van der Waals surface area contributed by atoms with Gasteiger partial charge in [0.1, 0.15) is 6.20 Å². The first-order chi connectivity index (χ1) is 7.47. The highest BCUT2D eigenvalue weighted by Crippen LogP contribution is 2.26. The lowest BCUT2D eigenvalue weighted by atomic mass is 10.3. The van der Waals surface area contributed by atoms with Crippen molar-refractivity contribution in [2.45, 2.75) is 13.0 Å². The van der Waals surface area contributed by atoms with E-state index in [9.17, 15) is 10.1 Å². The Morgan fingerprint density at radius 1 is 1.75 bits per heavy atom. The van der Waals surface area contributed by atoms with Crippen molar-refractivity contribution in [1.82, 2.24) is 9.97 Å². The van der Waals surface area contributed by atoms with Crippen LogP contribution < -0.4 is 4.90 Å². The number of aromatic nitrogens is 2. The van der Waals surface area contributed by atoms with Crippen LogP contribution in [0.5, 0.6) is 0 Å². The fraction of sp³-hybridized carbons (Fsp3) is 0.500. The summed E-state index contributed by atoms with van der Waals surface area (Å²) < 4.78 is 0. The van der Waals surface area contributed by atoms with Gasteiger partial charge in [-0.3, -0.25) is 10.1 Å². The van der Waals surface area contributed by atoms with Gasteiger partial charge in [-0.2, -0.15) is 4.98 Å². The molecule has 1 rings (SSSR count). The molecule has 7 nitrogen and oxygen atoms in total. The van der Waals surface area contributed by atoms with Crippen LogP contribution in [0.25, 0.3) is 0 Å². The zero-order valence-electron chi connectivity index (χ0n) is 8.79. The third kappa shape index (κ3) is 2.56. The number of hydrogen-bond acceptors (Lipinski definition) is 6. The maximum atomic E-state index is 10.7. The molecule has 1 atom stereocenters. The molecule has 0 saturated heterocycles. The highest BCUT2D eigenvalue weighted by atomic mass is 35.5. The third-order valence-electron chi connectivity index (χ3n) is 2.18. The number of nitrogens with zero attached hydrogens (tertiary/aromatic N) is 4. The number of rotatable bonds is 4. The van der Waals surface area contributed by atoms with Gasteiger partial charge in [0.15, 0.2) is 0 Å². The third-order valence-corrected chi connectivity index (χ3v) is 2.36. The van der Waals surface area contributed by atoms with Crippen LogP contribution in [0.3, 0.4) is 0 Å². The van der Waals surface area contributed by atoms with Crippen molar-refractivity contribution in [3.63, 3.8) is 0 Å². The number of likely N-dealkylation sites (N-methyl/N-ethyl adjacent to an activating group) is 1. The molecule has 0 radical (unpaired) electrons. The molecule has 0 aliphatic carbocycles. The highest BCUT2D eigenvalue weighted by Gasteiger charge is 2.22. The Labute approximate surface area is 96.8 Å². The van der Waals surface area contributed by atoms with Gasteiger partial charge in [-0.15, -0.1) is 0 Å². The largest absolute Gasteiger partial charge is 0.394 e. The lowest BCUT2D eigenvalue weighted by molar-refractivity contribution is -0.384. The Morgan fingerprint density at radius 3 is 2.88 bits per heavy atom. The quantitative estimate of drug-likeness (QED) is 0.481. The molecular weight excluding hydrogens is 236 g/mol. The fourth-order valence-corrected chi connectivity index (χ4v) is 1.19. The van der Waals surface area contributed by atoms with Crippen molar-refractivity contribution < 1.29 is 10.0 Å². The monoisotopic (exact) mass is 246 g/mol. The number of hydrogen-bond donors (Lipinski definition) is 1. The van der Waals surface area contributed by atoms with Crippen LogP contribution >= 0.6 is 11.6 Å². The Kier molecular flexibility index (Phi) is 3.97. The summed E-state index contributed by atoms with van der Waals surface area (Å²) in [5, 5.41) is 19.6. The van der Waals surface area contributed by atoms with Gasteiger partial charge in [-0.25, -0.2) is 4.98 Å². The average molecular weight is 247 g/mol. The minimum atomic E-state index is -0.591. The van der Waals surface area contributed by atoms with Gasteiger partial charge < -0.3 is 10.0 Å². The first kappa shape index (κ1) is 12.6. The van der Waals surface area contributed by atoms with E-state index in [0.29, 0.717) is 0 Å². The Balaban J connectivity index is 3.19. The standard InChI is InChI=1S/C8H11ClN4O3/c1-5(4-14)12(2)7-6(13(15)16)3-10-8(9)11-7/h3,5,14H,4H2,1-2H3. The summed E-state index contributed by atoms with van der Waals surface area (Å²) in [6, 6.07) is -0.301. The van der Waals surface area contributed by atoms with Crippen molar-refractivity contribution in [3.05, 3.63) is 21.6 Å². The second-order valence-electron chi connectivity index (χ2n) is 3.25. The summed E-state index contributed by atoms with van der Waals surface area (Å²) >= 11 is 5.58. The van der Waals surface area contributed by atoms with Gasteiger partial charge in [0, 0.05) is 7.05 Å². The van der Waals surface area contributed by atoms with E-state index in [0.717, 1.165) is 6.20 Å². The van der Waals surface area contributed by atoms with E-state index in [1.807, 2.05) is 0 Å². The molecule has 0 amide bonds.